The Labute approximate surface area is 168 Å². The molecule has 142 valence electrons. The van der Waals surface area contributed by atoms with E-state index in [1.807, 2.05) is 19.9 Å². The van der Waals surface area contributed by atoms with E-state index >= 15 is 0 Å². The van der Waals surface area contributed by atoms with E-state index in [9.17, 15) is 9.59 Å². The van der Waals surface area contributed by atoms with Crippen molar-refractivity contribution in [1.82, 2.24) is 15.1 Å². The molecule has 7 nitrogen and oxygen atoms in total. The van der Waals surface area contributed by atoms with E-state index in [1.165, 1.54) is 18.3 Å². The van der Waals surface area contributed by atoms with Crippen molar-refractivity contribution in [2.45, 2.75) is 27.7 Å². The van der Waals surface area contributed by atoms with Gasteiger partial charge in [-0.2, -0.15) is 0 Å². The van der Waals surface area contributed by atoms with Gasteiger partial charge < -0.3 is 4.52 Å². The number of nitrogens with zero attached hydrogens (tertiary/aromatic N) is 3. The first kappa shape index (κ1) is 18.5. The molecule has 4 aromatic rings. The highest BCUT2D eigenvalue weighted by Gasteiger charge is 2.21. The van der Waals surface area contributed by atoms with Crippen LogP contribution in [-0.2, 0) is 0 Å². The van der Waals surface area contributed by atoms with Crippen LogP contribution in [0.5, 0.6) is 0 Å². The molecule has 0 aliphatic carbocycles. The third kappa shape index (κ3) is 3.23. The van der Waals surface area contributed by atoms with Crippen LogP contribution in [-0.4, -0.2) is 26.8 Å². The van der Waals surface area contributed by atoms with Crippen LogP contribution in [0.1, 0.15) is 43.2 Å². The minimum absolute atomic E-state index is 0.150. The number of carbonyl (C=O) groups is 2. The molecule has 0 saturated heterocycles. The van der Waals surface area contributed by atoms with Crippen molar-refractivity contribution in [3.8, 4) is 11.3 Å². The summed E-state index contributed by atoms with van der Waals surface area (Å²) in [6.45, 7) is 7.25. The molecule has 4 aromatic heterocycles. The standard InChI is InChI=1S/C19H16N4O3S2/c1-8-5-12(11(4)28-8)14-6-13(16-9(2)23-26-18(16)20-14)17(25)22-19-21-15(7-27-19)10(3)24/h5-7H,1-4H3,(H,21,22,25). The van der Waals surface area contributed by atoms with Crippen LogP contribution in [0.15, 0.2) is 22.0 Å². The van der Waals surface area contributed by atoms with Gasteiger partial charge in [0.05, 0.1) is 22.3 Å². The number of carbonyl (C=O) groups excluding carboxylic acids is 2. The van der Waals surface area contributed by atoms with E-state index in [0.29, 0.717) is 38.9 Å². The number of ketones is 1. The van der Waals surface area contributed by atoms with E-state index in [0.717, 1.165) is 15.3 Å². The van der Waals surface area contributed by atoms with E-state index in [1.54, 1.807) is 29.7 Å². The molecule has 0 aromatic carbocycles. The summed E-state index contributed by atoms with van der Waals surface area (Å²) in [5.41, 5.74) is 3.24. The van der Waals surface area contributed by atoms with Crippen LogP contribution in [0, 0.1) is 20.8 Å². The molecule has 0 spiro atoms. The molecule has 0 radical (unpaired) electrons. The SMILES string of the molecule is CC(=O)c1csc(NC(=O)c2cc(-c3cc(C)sc3C)nc3onc(C)c23)n1. The van der Waals surface area contributed by atoms with Gasteiger partial charge in [-0.3, -0.25) is 14.9 Å². The second-order valence-electron chi connectivity index (χ2n) is 6.38. The summed E-state index contributed by atoms with van der Waals surface area (Å²) in [5.74, 6) is -0.502. The van der Waals surface area contributed by atoms with Gasteiger partial charge in [-0.25, -0.2) is 9.97 Å². The molecular formula is C19H16N4O3S2. The lowest BCUT2D eigenvalue weighted by molar-refractivity contribution is 0.100. The fraction of sp³-hybridized carbons (Fsp3) is 0.211. The number of thiazole rings is 1. The molecule has 0 saturated carbocycles. The summed E-state index contributed by atoms with van der Waals surface area (Å²) >= 11 is 2.87. The Morgan fingerprint density at radius 2 is 1.93 bits per heavy atom. The zero-order chi connectivity index (χ0) is 20.0. The molecule has 28 heavy (non-hydrogen) atoms. The normalized spacial score (nSPS) is 11.1. The van der Waals surface area contributed by atoms with Crippen molar-refractivity contribution >= 4 is 50.6 Å². The molecule has 0 atom stereocenters. The van der Waals surface area contributed by atoms with Gasteiger partial charge in [-0.05, 0) is 32.9 Å². The van der Waals surface area contributed by atoms with Gasteiger partial charge in [0, 0.05) is 27.6 Å². The number of aromatic nitrogens is 3. The van der Waals surface area contributed by atoms with Gasteiger partial charge in [0.1, 0.15) is 5.69 Å². The number of fused-ring (bicyclic) bond motifs is 1. The van der Waals surface area contributed by atoms with Crippen LogP contribution in [0.3, 0.4) is 0 Å². The number of nitrogens with one attached hydrogen (secondary N) is 1. The van der Waals surface area contributed by atoms with Crippen molar-refractivity contribution in [3.63, 3.8) is 0 Å². The number of rotatable bonds is 4. The number of thiophene rings is 1. The quantitative estimate of drug-likeness (QED) is 0.484. The lowest BCUT2D eigenvalue weighted by Crippen LogP contribution is -2.13. The van der Waals surface area contributed by atoms with E-state index in [4.69, 9.17) is 4.52 Å². The summed E-state index contributed by atoms with van der Waals surface area (Å²) in [5, 5.41) is 9.27. The highest BCUT2D eigenvalue weighted by Crippen LogP contribution is 2.33. The monoisotopic (exact) mass is 412 g/mol. The van der Waals surface area contributed by atoms with Gasteiger partial charge in [0.25, 0.3) is 11.6 Å². The second-order valence-corrected chi connectivity index (χ2v) is 8.70. The van der Waals surface area contributed by atoms with Crippen molar-refractivity contribution in [3.05, 3.63) is 44.2 Å². The Hall–Kier alpha value is -2.91. The fourth-order valence-corrected chi connectivity index (χ4v) is 4.63. The van der Waals surface area contributed by atoms with Crippen molar-refractivity contribution < 1.29 is 14.1 Å². The Bertz CT molecular complexity index is 1240. The van der Waals surface area contributed by atoms with Crippen molar-refractivity contribution in [2.24, 2.45) is 0 Å². The first-order chi connectivity index (χ1) is 13.3. The molecule has 9 heteroatoms. The van der Waals surface area contributed by atoms with Gasteiger partial charge in [-0.15, -0.1) is 22.7 Å². The average Bonchev–Trinajstić information content (AvgIpc) is 3.34. The first-order valence-electron chi connectivity index (χ1n) is 8.45. The highest BCUT2D eigenvalue weighted by atomic mass is 32.1. The predicted octanol–water partition coefficient (Wildman–Crippen LogP) is 4.79. The molecule has 0 fully saturated rings. The lowest BCUT2D eigenvalue weighted by atomic mass is 10.1. The van der Waals surface area contributed by atoms with E-state index in [2.05, 4.69) is 20.4 Å². The third-order valence-electron chi connectivity index (χ3n) is 4.26. The predicted molar refractivity (Wildman–Crippen MR) is 109 cm³/mol. The summed E-state index contributed by atoms with van der Waals surface area (Å²) in [4.78, 5) is 35.4. The third-order valence-corrected chi connectivity index (χ3v) is 5.99. The number of pyridine rings is 1. The highest BCUT2D eigenvalue weighted by molar-refractivity contribution is 7.14. The van der Waals surface area contributed by atoms with Crippen LogP contribution in [0.25, 0.3) is 22.4 Å². The molecular weight excluding hydrogens is 396 g/mol. The summed E-state index contributed by atoms with van der Waals surface area (Å²) in [7, 11) is 0. The summed E-state index contributed by atoms with van der Waals surface area (Å²) in [6, 6.07) is 3.79. The Morgan fingerprint density at radius 1 is 1.14 bits per heavy atom. The lowest BCUT2D eigenvalue weighted by Gasteiger charge is -2.06. The average molecular weight is 412 g/mol. The second kappa shape index (κ2) is 6.92. The van der Waals surface area contributed by atoms with Gasteiger partial charge in [0.2, 0.25) is 0 Å². The maximum atomic E-state index is 13.0. The molecule has 4 heterocycles. The summed E-state index contributed by atoms with van der Waals surface area (Å²) < 4.78 is 5.34. The van der Waals surface area contributed by atoms with E-state index in [-0.39, 0.29) is 11.7 Å². The Balaban J connectivity index is 1.80. The number of aryl methyl sites for hydroxylation is 3. The number of hydrogen-bond acceptors (Lipinski definition) is 8. The molecule has 1 N–H and O–H groups in total. The minimum atomic E-state index is -0.353. The molecule has 1 amide bonds. The van der Waals surface area contributed by atoms with Gasteiger partial charge in [-0.1, -0.05) is 5.16 Å². The number of anilines is 1. The summed E-state index contributed by atoms with van der Waals surface area (Å²) in [6.07, 6.45) is 0. The maximum absolute atomic E-state index is 13.0. The van der Waals surface area contributed by atoms with Crippen LogP contribution >= 0.6 is 22.7 Å². The number of Topliss-reactive ketones (excluding diaryl/α,β-unsaturated/α-hetero) is 1. The Kier molecular flexibility index (Phi) is 4.56. The molecule has 4 rings (SSSR count). The zero-order valence-electron chi connectivity index (χ0n) is 15.6. The van der Waals surface area contributed by atoms with Crippen LogP contribution < -0.4 is 5.32 Å². The number of amides is 1. The fourth-order valence-electron chi connectivity index (χ4n) is 2.95. The van der Waals surface area contributed by atoms with Crippen molar-refractivity contribution in [1.29, 1.82) is 0 Å². The zero-order valence-corrected chi connectivity index (χ0v) is 17.2. The minimum Gasteiger partial charge on any atom is -0.335 e. The smallest absolute Gasteiger partial charge is 0.259 e. The van der Waals surface area contributed by atoms with Gasteiger partial charge >= 0.3 is 0 Å². The molecule has 0 bridgehead atoms. The Morgan fingerprint density at radius 3 is 2.57 bits per heavy atom. The van der Waals surface area contributed by atoms with Gasteiger partial charge in [0.15, 0.2) is 10.9 Å². The first-order valence-corrected chi connectivity index (χ1v) is 10.2. The molecule has 0 aliphatic rings. The van der Waals surface area contributed by atoms with Crippen LogP contribution in [0.4, 0.5) is 5.13 Å². The number of hydrogen-bond donors (Lipinski definition) is 1. The largest absolute Gasteiger partial charge is 0.335 e. The molecule has 0 unspecified atom stereocenters. The van der Waals surface area contributed by atoms with Crippen LogP contribution in [0.2, 0.25) is 0 Å². The van der Waals surface area contributed by atoms with Crippen molar-refractivity contribution in [2.75, 3.05) is 5.32 Å². The maximum Gasteiger partial charge on any atom is 0.259 e. The topological polar surface area (TPSA) is 98.0 Å². The molecule has 0 aliphatic heterocycles. The van der Waals surface area contributed by atoms with E-state index < -0.39 is 0 Å².